The van der Waals surface area contributed by atoms with Crippen LogP contribution in [-0.2, 0) is 4.79 Å². The van der Waals surface area contributed by atoms with Crippen LogP contribution in [0, 0.1) is 5.92 Å². The van der Waals surface area contributed by atoms with Crippen molar-refractivity contribution in [2.45, 2.75) is 12.8 Å². The molecule has 1 saturated heterocycles. The molecule has 0 spiro atoms. The smallest absolute Gasteiger partial charge is 0.227 e. The molecule has 27 heavy (non-hydrogen) atoms. The summed E-state index contributed by atoms with van der Waals surface area (Å²) in [6.07, 6.45) is 6.97. The molecule has 144 valence electrons. The van der Waals surface area contributed by atoms with Crippen molar-refractivity contribution >= 4 is 11.7 Å². The molecule has 0 radical (unpaired) electrons. The van der Waals surface area contributed by atoms with Gasteiger partial charge in [-0.25, -0.2) is 4.98 Å². The molecule has 0 bridgehead atoms. The van der Waals surface area contributed by atoms with Crippen molar-refractivity contribution in [2.75, 3.05) is 45.3 Å². The Morgan fingerprint density at radius 2 is 2.04 bits per heavy atom. The number of carbonyl (C=O) groups excluding carboxylic acids is 1. The number of ether oxygens (including phenoxy) is 2. The number of amides is 1. The lowest BCUT2D eigenvalue weighted by atomic mass is 9.96. The number of nitrogens with zero attached hydrogens (tertiary/aromatic N) is 4. The minimum Gasteiger partial charge on any atom is -0.497 e. The predicted molar refractivity (Wildman–Crippen MR) is 103 cm³/mol. The van der Waals surface area contributed by atoms with E-state index in [9.17, 15) is 4.79 Å². The highest BCUT2D eigenvalue weighted by Gasteiger charge is 2.28. The summed E-state index contributed by atoms with van der Waals surface area (Å²) in [6, 6.07) is 7.43. The summed E-state index contributed by atoms with van der Waals surface area (Å²) in [5.41, 5.74) is 0. The normalized spacial score (nSPS) is 16.7. The lowest BCUT2D eigenvalue weighted by molar-refractivity contribution is -0.134. The first-order valence-electron chi connectivity index (χ1n) is 9.20. The van der Waals surface area contributed by atoms with Crippen molar-refractivity contribution in [3.63, 3.8) is 0 Å². The van der Waals surface area contributed by atoms with Crippen LogP contribution in [0.2, 0.25) is 0 Å². The number of piperidine rings is 1. The number of likely N-dealkylation sites (N-methyl/N-ethyl adjacent to an activating group) is 1. The molecule has 0 N–H and O–H groups in total. The first-order chi connectivity index (χ1) is 13.2. The molecule has 1 atom stereocenters. The zero-order valence-corrected chi connectivity index (χ0v) is 15.9. The van der Waals surface area contributed by atoms with Crippen molar-refractivity contribution in [2.24, 2.45) is 5.92 Å². The van der Waals surface area contributed by atoms with Crippen molar-refractivity contribution in [3.8, 4) is 11.5 Å². The van der Waals surface area contributed by atoms with E-state index in [1.807, 2.05) is 31.3 Å². The average Bonchev–Trinajstić information content (AvgIpc) is 2.74. The van der Waals surface area contributed by atoms with Crippen LogP contribution in [0.25, 0.3) is 0 Å². The van der Waals surface area contributed by atoms with Gasteiger partial charge in [-0.1, -0.05) is 0 Å². The lowest BCUT2D eigenvalue weighted by Gasteiger charge is -2.34. The lowest BCUT2D eigenvalue weighted by Crippen LogP contribution is -2.44. The molecule has 1 aromatic heterocycles. The second-order valence-electron chi connectivity index (χ2n) is 6.63. The zero-order chi connectivity index (χ0) is 19.1. The van der Waals surface area contributed by atoms with Gasteiger partial charge in [-0.15, -0.1) is 0 Å². The monoisotopic (exact) mass is 370 g/mol. The van der Waals surface area contributed by atoms with E-state index in [-0.39, 0.29) is 11.8 Å². The topological polar surface area (TPSA) is 67.8 Å². The van der Waals surface area contributed by atoms with Crippen LogP contribution in [0.1, 0.15) is 12.8 Å². The fourth-order valence-electron chi connectivity index (χ4n) is 3.24. The zero-order valence-electron chi connectivity index (χ0n) is 15.9. The molecule has 7 heteroatoms. The van der Waals surface area contributed by atoms with E-state index >= 15 is 0 Å². The van der Waals surface area contributed by atoms with Gasteiger partial charge in [0.15, 0.2) is 0 Å². The number of methoxy groups -OCH3 is 1. The van der Waals surface area contributed by atoms with Crippen LogP contribution in [0.15, 0.2) is 42.9 Å². The van der Waals surface area contributed by atoms with Crippen molar-refractivity contribution in [1.82, 2.24) is 14.9 Å². The average molecular weight is 370 g/mol. The van der Waals surface area contributed by atoms with Crippen molar-refractivity contribution in [3.05, 3.63) is 42.9 Å². The highest BCUT2D eigenvalue weighted by Crippen LogP contribution is 2.22. The fourth-order valence-corrected chi connectivity index (χ4v) is 3.24. The Morgan fingerprint density at radius 3 is 2.74 bits per heavy atom. The molecule has 0 saturated carbocycles. The first kappa shape index (κ1) is 18.9. The van der Waals surface area contributed by atoms with Gasteiger partial charge in [0.1, 0.15) is 23.9 Å². The summed E-state index contributed by atoms with van der Waals surface area (Å²) in [7, 11) is 3.47. The Morgan fingerprint density at radius 1 is 1.26 bits per heavy atom. The first-order valence-corrected chi connectivity index (χ1v) is 9.20. The Hall–Kier alpha value is -2.83. The van der Waals surface area contributed by atoms with Gasteiger partial charge in [-0.3, -0.25) is 9.78 Å². The molecule has 1 aromatic carbocycles. The van der Waals surface area contributed by atoms with E-state index in [1.165, 1.54) is 0 Å². The van der Waals surface area contributed by atoms with Gasteiger partial charge in [0, 0.05) is 32.5 Å². The summed E-state index contributed by atoms with van der Waals surface area (Å²) in [4.78, 5) is 25.2. The minimum atomic E-state index is -0.0215. The number of aromatic nitrogens is 2. The number of carbonyl (C=O) groups is 1. The van der Waals surface area contributed by atoms with Crippen molar-refractivity contribution < 1.29 is 14.3 Å². The number of benzene rings is 1. The molecule has 2 heterocycles. The van der Waals surface area contributed by atoms with Gasteiger partial charge in [0.05, 0.1) is 25.8 Å². The largest absolute Gasteiger partial charge is 0.497 e. The van der Waals surface area contributed by atoms with Gasteiger partial charge in [-0.2, -0.15) is 0 Å². The summed E-state index contributed by atoms with van der Waals surface area (Å²) in [5.74, 6) is 2.52. The van der Waals surface area contributed by atoms with E-state index in [2.05, 4.69) is 14.9 Å². The molecule has 7 nitrogen and oxygen atoms in total. The SMILES string of the molecule is COc1ccc(OCCN(C)C(=O)[C@@H]2CCCN(c3cnccn3)C2)cc1. The Bertz CT molecular complexity index is 724. The maximum absolute atomic E-state index is 12.8. The molecule has 0 unspecified atom stereocenters. The quantitative estimate of drug-likeness (QED) is 0.745. The number of anilines is 1. The third-order valence-corrected chi connectivity index (χ3v) is 4.78. The van der Waals surface area contributed by atoms with Gasteiger partial charge >= 0.3 is 0 Å². The highest BCUT2D eigenvalue weighted by molar-refractivity contribution is 5.79. The molecule has 1 fully saturated rings. The number of hydrogen-bond acceptors (Lipinski definition) is 6. The third-order valence-electron chi connectivity index (χ3n) is 4.78. The van der Waals surface area contributed by atoms with Crippen LogP contribution in [0.3, 0.4) is 0 Å². The summed E-state index contributed by atoms with van der Waals surface area (Å²) in [5, 5.41) is 0. The highest BCUT2D eigenvalue weighted by atomic mass is 16.5. The van der Waals surface area contributed by atoms with Crippen LogP contribution in [-0.4, -0.2) is 61.2 Å². The number of rotatable bonds is 7. The van der Waals surface area contributed by atoms with Gasteiger partial charge in [0.25, 0.3) is 0 Å². The molecular weight excluding hydrogens is 344 g/mol. The predicted octanol–water partition coefficient (Wildman–Crippen LogP) is 2.24. The van der Waals surface area contributed by atoms with E-state index in [1.54, 1.807) is 30.6 Å². The standard InChI is InChI=1S/C20H26N4O3/c1-23(12-13-27-18-7-5-17(26-2)6-8-18)20(25)16-4-3-11-24(15-16)19-14-21-9-10-22-19/h5-10,14,16H,3-4,11-13,15H2,1-2H3/t16-/m1/s1. The Labute approximate surface area is 159 Å². The molecule has 0 aliphatic carbocycles. The summed E-state index contributed by atoms with van der Waals surface area (Å²) < 4.78 is 10.9. The van der Waals surface area contributed by atoms with Crippen LogP contribution in [0.4, 0.5) is 5.82 Å². The van der Waals surface area contributed by atoms with E-state index < -0.39 is 0 Å². The third kappa shape index (κ3) is 5.09. The van der Waals surface area contributed by atoms with Gasteiger partial charge in [0.2, 0.25) is 5.91 Å². The molecular formula is C20H26N4O3. The summed E-state index contributed by atoms with van der Waals surface area (Å²) in [6.45, 7) is 2.59. The van der Waals surface area contributed by atoms with Crippen molar-refractivity contribution in [1.29, 1.82) is 0 Å². The molecule has 2 aromatic rings. The maximum Gasteiger partial charge on any atom is 0.227 e. The maximum atomic E-state index is 12.8. The minimum absolute atomic E-state index is 0.0215. The van der Waals surface area contributed by atoms with E-state index in [0.29, 0.717) is 19.7 Å². The second-order valence-corrected chi connectivity index (χ2v) is 6.63. The second kappa shape index (κ2) is 9.21. The number of hydrogen-bond donors (Lipinski definition) is 0. The van der Waals surface area contributed by atoms with Crippen LogP contribution in [0.5, 0.6) is 11.5 Å². The Balaban J connectivity index is 1.47. The molecule has 3 rings (SSSR count). The van der Waals surface area contributed by atoms with Gasteiger partial charge in [-0.05, 0) is 37.1 Å². The van der Waals surface area contributed by atoms with Crippen LogP contribution >= 0.6 is 0 Å². The molecule has 1 aliphatic heterocycles. The molecule has 1 aliphatic rings. The van der Waals surface area contributed by atoms with E-state index in [0.717, 1.165) is 36.7 Å². The summed E-state index contributed by atoms with van der Waals surface area (Å²) >= 11 is 0. The van der Waals surface area contributed by atoms with Gasteiger partial charge < -0.3 is 19.3 Å². The fraction of sp³-hybridized carbons (Fsp3) is 0.450. The molecule has 1 amide bonds. The Kier molecular flexibility index (Phi) is 6.46. The van der Waals surface area contributed by atoms with E-state index in [4.69, 9.17) is 9.47 Å². The van der Waals surface area contributed by atoms with Crippen LogP contribution < -0.4 is 14.4 Å².